The van der Waals surface area contributed by atoms with Gasteiger partial charge in [0, 0.05) is 30.5 Å². The molecule has 1 saturated heterocycles. The minimum Gasteiger partial charge on any atom is -0.477 e. The molecule has 0 saturated carbocycles. The van der Waals surface area contributed by atoms with Crippen LogP contribution in [0.15, 0.2) is 33.4 Å². The fourth-order valence-corrected chi connectivity index (χ4v) is 3.64. The molecule has 0 radical (unpaired) electrons. The summed E-state index contributed by atoms with van der Waals surface area (Å²) >= 11 is 0. The van der Waals surface area contributed by atoms with Gasteiger partial charge in [-0.05, 0) is 12.5 Å². The second-order valence-electron chi connectivity index (χ2n) is 5.12. The average Bonchev–Trinajstić information content (AvgIpc) is 2.82. The molecule has 1 fully saturated rings. The van der Waals surface area contributed by atoms with Crippen LogP contribution in [0.1, 0.15) is 20.3 Å². The average molecular weight is 340 g/mol. The molecule has 2 heterocycles. The fraction of sp³-hybridized carbons (Fsp3) is 0.357. The molecule has 0 aromatic carbocycles. The van der Waals surface area contributed by atoms with Crippen LogP contribution in [0.5, 0.6) is 0 Å². The number of aliphatic hydroxyl groups excluding tert-OH is 1. The number of hydrogen-bond acceptors (Lipinski definition) is 5. The first-order valence-corrected chi connectivity index (χ1v) is 7.95. The lowest BCUT2D eigenvalue weighted by molar-refractivity contribution is -0.142. The number of β-lactam (4-membered cyclic amide) rings is 1. The Morgan fingerprint density at radius 2 is 2.09 bits per heavy atom. The molecule has 0 unspecified atom stereocenters. The Balaban J connectivity index is 2.32. The van der Waals surface area contributed by atoms with Gasteiger partial charge in [-0.3, -0.25) is 14.5 Å². The Morgan fingerprint density at radius 1 is 1.43 bits per heavy atom. The first kappa shape index (κ1) is 17.1. The molecule has 2 rings (SSSR count). The van der Waals surface area contributed by atoms with Crippen LogP contribution in [0.3, 0.4) is 0 Å². The van der Waals surface area contributed by atoms with Crippen molar-refractivity contribution in [3.8, 4) is 0 Å². The monoisotopic (exact) mass is 340 g/mol. The lowest BCUT2D eigenvalue weighted by Crippen LogP contribution is -2.53. The van der Waals surface area contributed by atoms with Gasteiger partial charge in [-0.15, -0.1) is 0 Å². The summed E-state index contributed by atoms with van der Waals surface area (Å²) < 4.78 is 12.3. The van der Waals surface area contributed by atoms with Gasteiger partial charge in [-0.2, -0.15) is 0 Å². The van der Waals surface area contributed by atoms with E-state index < -0.39 is 28.7 Å². The van der Waals surface area contributed by atoms with E-state index in [0.717, 1.165) is 10.3 Å². The molecule has 124 valence electrons. The van der Waals surface area contributed by atoms with Crippen LogP contribution in [0.4, 0.5) is 0 Å². The van der Waals surface area contributed by atoms with Gasteiger partial charge in [0.1, 0.15) is 5.70 Å². The smallest absolute Gasteiger partial charge is 0.353 e. The number of rotatable bonds is 5. The summed E-state index contributed by atoms with van der Waals surface area (Å²) in [4.78, 5) is 35.5. The van der Waals surface area contributed by atoms with Crippen molar-refractivity contribution >= 4 is 28.6 Å². The predicted octanol–water partition coefficient (Wildman–Crippen LogP) is -0.438. The van der Waals surface area contributed by atoms with Crippen molar-refractivity contribution in [1.82, 2.24) is 10.2 Å². The van der Waals surface area contributed by atoms with Crippen molar-refractivity contribution in [2.24, 2.45) is 0 Å². The van der Waals surface area contributed by atoms with Crippen LogP contribution in [0, 0.1) is 0 Å². The number of amides is 2. The van der Waals surface area contributed by atoms with Crippen molar-refractivity contribution in [3.05, 3.63) is 33.4 Å². The molecule has 2 amide bonds. The molecular weight excluding hydrogens is 324 g/mol. The van der Waals surface area contributed by atoms with Crippen LogP contribution < -0.4 is 5.32 Å². The highest BCUT2D eigenvalue weighted by atomic mass is 32.2. The van der Waals surface area contributed by atoms with E-state index in [1.807, 2.05) is 0 Å². The lowest BCUT2D eigenvalue weighted by atomic mass is 9.90. The maximum atomic E-state index is 12.3. The number of carbonyl (C=O) groups excluding carboxylic acids is 2. The van der Waals surface area contributed by atoms with Crippen molar-refractivity contribution in [2.45, 2.75) is 26.3 Å². The largest absolute Gasteiger partial charge is 0.477 e. The third-order valence-corrected chi connectivity index (χ3v) is 4.83. The highest BCUT2D eigenvalue weighted by molar-refractivity contribution is 7.91. The zero-order valence-corrected chi connectivity index (χ0v) is 13.3. The quantitative estimate of drug-likeness (QED) is 0.460. The molecule has 3 N–H and O–H groups in total. The molecule has 2 aliphatic rings. The third-order valence-electron chi connectivity index (χ3n) is 3.60. The first-order chi connectivity index (χ1) is 10.8. The van der Waals surface area contributed by atoms with E-state index in [9.17, 15) is 23.7 Å². The van der Waals surface area contributed by atoms with Gasteiger partial charge in [0.25, 0.3) is 5.91 Å². The van der Waals surface area contributed by atoms with Gasteiger partial charge in [-0.1, -0.05) is 0 Å². The molecule has 8 nitrogen and oxygen atoms in total. The topological polar surface area (TPSA) is 124 Å². The number of carboxylic acids is 1. The molecule has 23 heavy (non-hydrogen) atoms. The number of carboxylic acid groups (broad SMARTS) is 1. The van der Waals surface area contributed by atoms with Gasteiger partial charge in [0.2, 0.25) is 5.91 Å². The number of fused-ring (bicyclic) bond motifs is 1. The Kier molecular flexibility index (Phi) is 4.81. The number of hydrogen-bond donors (Lipinski definition) is 3. The Labute approximate surface area is 134 Å². The number of nitrogens with one attached hydrogen (secondary N) is 1. The van der Waals surface area contributed by atoms with Crippen molar-refractivity contribution in [2.75, 3.05) is 6.61 Å². The molecule has 0 aromatic heterocycles. The Bertz CT molecular complexity index is 706. The molecule has 0 bridgehead atoms. The predicted molar refractivity (Wildman–Crippen MR) is 80.8 cm³/mol. The Hall–Kier alpha value is -2.26. The van der Waals surface area contributed by atoms with E-state index in [-0.39, 0.29) is 29.5 Å². The zero-order chi connectivity index (χ0) is 17.3. The molecule has 2 atom stereocenters. The number of aliphatic hydroxyl groups is 1. The summed E-state index contributed by atoms with van der Waals surface area (Å²) in [5, 5.41) is 22.0. The summed E-state index contributed by atoms with van der Waals surface area (Å²) in [6.45, 7) is 2.58. The summed E-state index contributed by atoms with van der Waals surface area (Å²) in [5.74, 6) is -2.17. The first-order valence-electron chi connectivity index (χ1n) is 6.74. The fourth-order valence-electron chi connectivity index (χ4n) is 2.58. The van der Waals surface area contributed by atoms with E-state index >= 15 is 0 Å². The molecule has 2 aliphatic heterocycles. The second kappa shape index (κ2) is 6.47. The van der Waals surface area contributed by atoms with E-state index in [4.69, 9.17) is 5.11 Å². The third kappa shape index (κ3) is 2.97. The van der Waals surface area contributed by atoms with Gasteiger partial charge in [0.15, 0.2) is 0 Å². The number of aliphatic carboxylic acids is 1. The molecule has 0 spiro atoms. The standard InChI is InChI=1S/C14H16N2O6S/c1-7(6-17)11-9-5-10(23(22)4-3-15-8(2)18)12(14(20)21)16(9)13(11)19/h3-4,9,17H,5-6H2,1-2H3,(H,15,18)(H,20,21)/b4-3+,11-7+/t9-,23+/m1/s1. The lowest BCUT2D eigenvalue weighted by Gasteiger charge is -2.39. The van der Waals surface area contributed by atoms with Crippen molar-refractivity contribution in [3.63, 3.8) is 0 Å². The van der Waals surface area contributed by atoms with Crippen LogP contribution in [-0.2, 0) is 25.2 Å². The minimum atomic E-state index is -1.78. The summed E-state index contributed by atoms with van der Waals surface area (Å²) in [6.07, 6.45) is 1.30. The molecule has 9 heteroatoms. The van der Waals surface area contributed by atoms with E-state index in [1.54, 1.807) is 6.92 Å². The van der Waals surface area contributed by atoms with Crippen LogP contribution in [0.25, 0.3) is 0 Å². The number of nitrogens with zero attached hydrogens (tertiary/aromatic N) is 1. The van der Waals surface area contributed by atoms with E-state index in [1.165, 1.54) is 13.1 Å². The zero-order valence-electron chi connectivity index (χ0n) is 12.5. The van der Waals surface area contributed by atoms with Crippen molar-refractivity contribution in [1.29, 1.82) is 0 Å². The highest BCUT2D eigenvalue weighted by Gasteiger charge is 2.53. The summed E-state index contributed by atoms with van der Waals surface area (Å²) in [7, 11) is -1.78. The maximum Gasteiger partial charge on any atom is 0.353 e. The molecule has 0 aromatic rings. The second-order valence-corrected chi connectivity index (χ2v) is 6.48. The van der Waals surface area contributed by atoms with Gasteiger partial charge in [-0.25, -0.2) is 9.00 Å². The van der Waals surface area contributed by atoms with E-state index in [2.05, 4.69) is 5.32 Å². The maximum absolute atomic E-state index is 12.3. The van der Waals surface area contributed by atoms with E-state index in [0.29, 0.717) is 11.1 Å². The van der Waals surface area contributed by atoms with Crippen LogP contribution >= 0.6 is 0 Å². The van der Waals surface area contributed by atoms with Gasteiger partial charge in [0.05, 0.1) is 28.4 Å². The van der Waals surface area contributed by atoms with Crippen LogP contribution in [-0.4, -0.2) is 49.8 Å². The summed E-state index contributed by atoms with van der Waals surface area (Å²) in [6, 6.07) is -0.506. The summed E-state index contributed by atoms with van der Waals surface area (Å²) in [5.41, 5.74) is 0.547. The van der Waals surface area contributed by atoms with Crippen molar-refractivity contribution < 1.29 is 28.8 Å². The van der Waals surface area contributed by atoms with Gasteiger partial charge < -0.3 is 15.5 Å². The Morgan fingerprint density at radius 3 is 2.61 bits per heavy atom. The SMILES string of the molecule is CC(=O)N/C=C/[S@](=O)C1=C(C(=O)O)N2C(=O)/C(=C(\C)CO)[C@H]2C1. The molecule has 0 aliphatic carbocycles. The van der Waals surface area contributed by atoms with Gasteiger partial charge >= 0.3 is 5.97 Å². The normalized spacial score (nSPS) is 23.7. The number of carbonyl (C=O) groups is 3. The highest BCUT2D eigenvalue weighted by Crippen LogP contribution is 2.44. The molecular formula is C14H16N2O6S. The minimum absolute atomic E-state index is 0.109. The van der Waals surface area contributed by atoms with Crippen LogP contribution in [0.2, 0.25) is 0 Å².